The van der Waals surface area contributed by atoms with Crippen molar-refractivity contribution < 1.29 is 9.59 Å². The molecule has 20 heavy (non-hydrogen) atoms. The van der Waals surface area contributed by atoms with Crippen molar-refractivity contribution in [2.45, 2.75) is 20.3 Å². The molecule has 0 unspecified atom stereocenters. The number of fused-ring (bicyclic) bond motifs is 1. The highest BCUT2D eigenvalue weighted by atomic mass is 79.9. The number of hydrogen-bond acceptors (Lipinski definition) is 2. The van der Waals surface area contributed by atoms with Crippen LogP contribution < -0.4 is 4.90 Å². The van der Waals surface area contributed by atoms with E-state index in [0.717, 1.165) is 15.2 Å². The summed E-state index contributed by atoms with van der Waals surface area (Å²) in [4.78, 5) is 26.0. The van der Waals surface area contributed by atoms with Gasteiger partial charge >= 0.3 is 0 Å². The van der Waals surface area contributed by atoms with Gasteiger partial charge in [0.1, 0.15) is 0 Å². The fourth-order valence-corrected chi connectivity index (χ4v) is 3.11. The Balaban J connectivity index is 2.24. The molecule has 2 amide bonds. The standard InChI is InChI=1S/C16H14BrNO2/c1-16(2)9-14(19)18(15(16)20)13-8-7-12(17)10-5-3-4-6-11(10)13/h3-8H,9H2,1-2H3. The summed E-state index contributed by atoms with van der Waals surface area (Å²) in [5, 5.41) is 1.90. The lowest BCUT2D eigenvalue weighted by Crippen LogP contribution is -2.33. The Bertz CT molecular complexity index is 736. The van der Waals surface area contributed by atoms with Crippen molar-refractivity contribution >= 4 is 44.2 Å². The molecular weight excluding hydrogens is 318 g/mol. The summed E-state index contributed by atoms with van der Waals surface area (Å²) in [5.74, 6) is -0.262. The van der Waals surface area contributed by atoms with Gasteiger partial charge in [0, 0.05) is 16.3 Å². The molecule has 1 heterocycles. The molecule has 2 aromatic rings. The van der Waals surface area contributed by atoms with Crippen LogP contribution in [0.3, 0.4) is 0 Å². The minimum absolute atomic E-state index is 0.130. The minimum atomic E-state index is -0.620. The van der Waals surface area contributed by atoms with E-state index in [-0.39, 0.29) is 18.2 Å². The number of halogens is 1. The topological polar surface area (TPSA) is 37.4 Å². The maximum absolute atomic E-state index is 12.5. The summed E-state index contributed by atoms with van der Waals surface area (Å²) in [6, 6.07) is 11.5. The molecule has 0 aromatic heterocycles. The van der Waals surface area contributed by atoms with Crippen LogP contribution in [-0.2, 0) is 9.59 Å². The van der Waals surface area contributed by atoms with E-state index >= 15 is 0 Å². The van der Waals surface area contributed by atoms with E-state index in [9.17, 15) is 9.59 Å². The van der Waals surface area contributed by atoms with Crippen molar-refractivity contribution in [2.24, 2.45) is 5.41 Å². The number of nitrogens with zero attached hydrogens (tertiary/aromatic N) is 1. The second kappa shape index (κ2) is 4.42. The van der Waals surface area contributed by atoms with E-state index in [2.05, 4.69) is 15.9 Å². The van der Waals surface area contributed by atoms with Gasteiger partial charge in [-0.25, -0.2) is 4.90 Å². The smallest absolute Gasteiger partial charge is 0.239 e. The maximum Gasteiger partial charge on any atom is 0.239 e. The number of hydrogen-bond donors (Lipinski definition) is 0. The van der Waals surface area contributed by atoms with E-state index in [0.29, 0.717) is 5.69 Å². The lowest BCUT2D eigenvalue weighted by molar-refractivity contribution is -0.124. The number of carbonyl (C=O) groups excluding carboxylic acids is 2. The van der Waals surface area contributed by atoms with Crippen molar-refractivity contribution in [1.29, 1.82) is 0 Å². The first-order chi connectivity index (χ1) is 9.42. The van der Waals surface area contributed by atoms with Gasteiger partial charge in [0.15, 0.2) is 0 Å². The van der Waals surface area contributed by atoms with Crippen molar-refractivity contribution in [3.8, 4) is 0 Å². The molecule has 0 saturated carbocycles. The van der Waals surface area contributed by atoms with E-state index in [4.69, 9.17) is 0 Å². The number of benzene rings is 2. The van der Waals surface area contributed by atoms with Crippen molar-refractivity contribution in [1.82, 2.24) is 0 Å². The van der Waals surface area contributed by atoms with E-state index < -0.39 is 5.41 Å². The molecule has 1 aliphatic rings. The quantitative estimate of drug-likeness (QED) is 0.743. The Kier molecular flexibility index (Phi) is 2.94. The van der Waals surface area contributed by atoms with Crippen LogP contribution in [0.2, 0.25) is 0 Å². The highest BCUT2D eigenvalue weighted by molar-refractivity contribution is 9.10. The van der Waals surface area contributed by atoms with Gasteiger partial charge in [-0.1, -0.05) is 54.0 Å². The lowest BCUT2D eigenvalue weighted by Gasteiger charge is -2.20. The Hall–Kier alpha value is -1.68. The van der Waals surface area contributed by atoms with Crippen molar-refractivity contribution in [3.05, 3.63) is 40.9 Å². The molecule has 3 rings (SSSR count). The molecule has 1 fully saturated rings. The summed E-state index contributed by atoms with van der Waals surface area (Å²) in [6.45, 7) is 3.63. The van der Waals surface area contributed by atoms with Gasteiger partial charge in [0.05, 0.1) is 11.1 Å². The highest BCUT2D eigenvalue weighted by Crippen LogP contribution is 2.39. The van der Waals surface area contributed by atoms with Crippen molar-refractivity contribution in [3.63, 3.8) is 0 Å². The summed E-state index contributed by atoms with van der Waals surface area (Å²) in [6.07, 6.45) is 0.260. The number of rotatable bonds is 1. The molecule has 102 valence electrons. The normalized spacial score (nSPS) is 18.1. The van der Waals surface area contributed by atoms with E-state index in [1.54, 1.807) is 0 Å². The Morgan fingerprint density at radius 3 is 2.30 bits per heavy atom. The van der Waals surface area contributed by atoms with Gasteiger partial charge in [-0.2, -0.15) is 0 Å². The third-order valence-corrected chi connectivity index (χ3v) is 4.40. The second-order valence-electron chi connectivity index (χ2n) is 5.71. The predicted molar refractivity (Wildman–Crippen MR) is 82.5 cm³/mol. The first-order valence-electron chi connectivity index (χ1n) is 6.46. The zero-order valence-electron chi connectivity index (χ0n) is 11.3. The summed E-state index contributed by atoms with van der Waals surface area (Å²) in [7, 11) is 0. The molecule has 0 spiro atoms. The number of carbonyl (C=O) groups is 2. The van der Waals surface area contributed by atoms with Crippen LogP contribution in [0, 0.1) is 5.41 Å². The average molecular weight is 332 g/mol. The van der Waals surface area contributed by atoms with Gasteiger partial charge in [0.25, 0.3) is 0 Å². The Labute approximate surface area is 125 Å². The van der Waals surface area contributed by atoms with Crippen LogP contribution in [0.1, 0.15) is 20.3 Å². The summed E-state index contributed by atoms with van der Waals surface area (Å²) in [5.41, 5.74) is 0.0509. The highest BCUT2D eigenvalue weighted by Gasteiger charge is 2.45. The molecule has 4 heteroatoms. The summed E-state index contributed by atoms with van der Waals surface area (Å²) < 4.78 is 0.954. The van der Waals surface area contributed by atoms with Gasteiger partial charge in [-0.3, -0.25) is 9.59 Å². The molecule has 0 aliphatic carbocycles. The molecule has 2 aromatic carbocycles. The minimum Gasteiger partial charge on any atom is -0.274 e. The SMILES string of the molecule is CC1(C)CC(=O)N(c2ccc(Br)c3ccccc23)C1=O. The maximum atomic E-state index is 12.5. The molecule has 0 N–H and O–H groups in total. The van der Waals surface area contributed by atoms with Gasteiger partial charge < -0.3 is 0 Å². The Morgan fingerprint density at radius 1 is 1.05 bits per heavy atom. The molecular formula is C16H14BrNO2. The number of amides is 2. The number of imide groups is 1. The van der Waals surface area contributed by atoms with Crippen LogP contribution in [0.25, 0.3) is 10.8 Å². The fourth-order valence-electron chi connectivity index (χ4n) is 2.63. The largest absolute Gasteiger partial charge is 0.274 e. The third-order valence-electron chi connectivity index (χ3n) is 3.71. The summed E-state index contributed by atoms with van der Waals surface area (Å²) >= 11 is 3.50. The first-order valence-corrected chi connectivity index (χ1v) is 7.26. The van der Waals surface area contributed by atoms with Crippen LogP contribution in [0.15, 0.2) is 40.9 Å². The second-order valence-corrected chi connectivity index (χ2v) is 6.56. The molecule has 3 nitrogen and oxygen atoms in total. The molecule has 1 aliphatic heterocycles. The van der Waals surface area contributed by atoms with Gasteiger partial charge in [-0.15, -0.1) is 0 Å². The molecule has 0 bridgehead atoms. The van der Waals surface area contributed by atoms with Gasteiger partial charge in [-0.05, 0) is 17.5 Å². The zero-order valence-corrected chi connectivity index (χ0v) is 12.9. The predicted octanol–water partition coefficient (Wildman–Crippen LogP) is 3.89. The average Bonchev–Trinajstić information content (AvgIpc) is 2.60. The van der Waals surface area contributed by atoms with Gasteiger partial charge in [0.2, 0.25) is 11.8 Å². The third kappa shape index (κ3) is 1.86. The molecule has 0 atom stereocenters. The van der Waals surface area contributed by atoms with Crippen LogP contribution in [0.4, 0.5) is 5.69 Å². The fraction of sp³-hybridized carbons (Fsp3) is 0.250. The molecule has 1 saturated heterocycles. The first kappa shape index (κ1) is 13.3. The zero-order chi connectivity index (χ0) is 14.5. The van der Waals surface area contributed by atoms with Crippen LogP contribution >= 0.6 is 15.9 Å². The van der Waals surface area contributed by atoms with E-state index in [1.807, 2.05) is 50.2 Å². The van der Waals surface area contributed by atoms with Crippen molar-refractivity contribution in [2.75, 3.05) is 4.90 Å². The lowest BCUT2D eigenvalue weighted by atomic mass is 9.92. The Morgan fingerprint density at radius 2 is 1.70 bits per heavy atom. The monoisotopic (exact) mass is 331 g/mol. The van der Waals surface area contributed by atoms with Crippen LogP contribution in [0.5, 0.6) is 0 Å². The van der Waals surface area contributed by atoms with Crippen LogP contribution in [-0.4, -0.2) is 11.8 Å². The van der Waals surface area contributed by atoms with E-state index in [1.165, 1.54) is 4.90 Å². The molecule has 0 radical (unpaired) electrons. The number of anilines is 1.